The third-order valence-corrected chi connectivity index (χ3v) is 2.70. The zero-order valence-electron chi connectivity index (χ0n) is 8.90. The number of carbonyl (C=O) groups is 2. The van der Waals surface area contributed by atoms with Crippen LogP contribution in [0.5, 0.6) is 0 Å². The number of hydrogen-bond donors (Lipinski definition) is 1. The van der Waals surface area contributed by atoms with E-state index < -0.39 is 5.91 Å². The summed E-state index contributed by atoms with van der Waals surface area (Å²) in [6, 6.07) is 7.76. The lowest BCUT2D eigenvalue weighted by molar-refractivity contribution is -0.119. The van der Waals surface area contributed by atoms with E-state index in [0.717, 1.165) is 25.1 Å². The molecule has 1 saturated heterocycles. The standard InChI is InChI=1S/C12H13N2O2/c13-12(16)9-4-6-10(7-5-9)14-8-2-1-3-11(14)15/h4,6-7H,1-3,8H2,(H2,13,16). The van der Waals surface area contributed by atoms with Crippen molar-refractivity contribution < 1.29 is 9.59 Å². The Morgan fingerprint density at radius 1 is 1.38 bits per heavy atom. The molecule has 2 rings (SSSR count). The van der Waals surface area contributed by atoms with Crippen molar-refractivity contribution in [1.82, 2.24) is 0 Å². The van der Waals surface area contributed by atoms with E-state index in [0.29, 0.717) is 12.0 Å². The smallest absolute Gasteiger partial charge is 0.249 e. The molecule has 1 heterocycles. The number of rotatable bonds is 2. The monoisotopic (exact) mass is 217 g/mol. The summed E-state index contributed by atoms with van der Waals surface area (Å²) in [7, 11) is 0. The van der Waals surface area contributed by atoms with Gasteiger partial charge in [-0.05, 0) is 37.1 Å². The molecule has 2 N–H and O–H groups in total. The van der Waals surface area contributed by atoms with Crippen molar-refractivity contribution in [3.63, 3.8) is 0 Å². The van der Waals surface area contributed by atoms with Gasteiger partial charge in [0.25, 0.3) is 0 Å². The number of piperidine rings is 1. The van der Waals surface area contributed by atoms with Crippen LogP contribution < -0.4 is 10.6 Å². The van der Waals surface area contributed by atoms with Crippen LogP contribution in [0.25, 0.3) is 0 Å². The van der Waals surface area contributed by atoms with Gasteiger partial charge < -0.3 is 10.6 Å². The SMILES string of the molecule is NC(=O)c1[c]cc(N2CCCCC2=O)cc1. The molecule has 4 heteroatoms. The van der Waals surface area contributed by atoms with Crippen LogP contribution >= 0.6 is 0 Å². The number of carbonyl (C=O) groups excluding carboxylic acids is 2. The molecular weight excluding hydrogens is 204 g/mol. The number of anilines is 1. The maximum atomic E-state index is 11.6. The van der Waals surface area contributed by atoms with Gasteiger partial charge in [0.1, 0.15) is 0 Å². The van der Waals surface area contributed by atoms with E-state index in [1.54, 1.807) is 23.1 Å². The maximum absolute atomic E-state index is 11.6. The molecule has 0 atom stereocenters. The highest BCUT2D eigenvalue weighted by atomic mass is 16.2. The first-order valence-electron chi connectivity index (χ1n) is 5.30. The van der Waals surface area contributed by atoms with E-state index in [1.807, 2.05) is 0 Å². The van der Waals surface area contributed by atoms with Gasteiger partial charge in [0.15, 0.2) is 0 Å². The van der Waals surface area contributed by atoms with E-state index >= 15 is 0 Å². The van der Waals surface area contributed by atoms with Crippen LogP contribution in [-0.2, 0) is 4.79 Å². The lowest BCUT2D eigenvalue weighted by Crippen LogP contribution is -2.35. The van der Waals surface area contributed by atoms with E-state index in [9.17, 15) is 9.59 Å². The van der Waals surface area contributed by atoms with Crippen molar-refractivity contribution in [2.45, 2.75) is 19.3 Å². The Kier molecular flexibility index (Phi) is 2.90. The lowest BCUT2D eigenvalue weighted by Gasteiger charge is -2.26. The first-order valence-corrected chi connectivity index (χ1v) is 5.30. The van der Waals surface area contributed by atoms with Crippen molar-refractivity contribution in [2.75, 3.05) is 11.4 Å². The Bertz CT molecular complexity index is 412. The second-order valence-electron chi connectivity index (χ2n) is 3.83. The summed E-state index contributed by atoms with van der Waals surface area (Å²) < 4.78 is 0. The molecule has 1 aliphatic rings. The molecule has 2 amide bonds. The predicted octanol–water partition coefficient (Wildman–Crippen LogP) is 1.10. The van der Waals surface area contributed by atoms with Gasteiger partial charge in [0, 0.05) is 24.2 Å². The van der Waals surface area contributed by atoms with Crippen LogP contribution in [0.3, 0.4) is 0 Å². The van der Waals surface area contributed by atoms with Crippen molar-refractivity contribution in [1.29, 1.82) is 0 Å². The van der Waals surface area contributed by atoms with E-state index in [2.05, 4.69) is 6.07 Å². The summed E-state index contributed by atoms with van der Waals surface area (Å²) in [5.41, 5.74) is 6.25. The van der Waals surface area contributed by atoms with Gasteiger partial charge in [-0.2, -0.15) is 0 Å². The van der Waals surface area contributed by atoms with Crippen LogP contribution in [0.2, 0.25) is 0 Å². The number of amides is 2. The van der Waals surface area contributed by atoms with Gasteiger partial charge in [0.2, 0.25) is 11.8 Å². The van der Waals surface area contributed by atoms with Crippen molar-refractivity contribution in [2.24, 2.45) is 5.73 Å². The molecule has 0 saturated carbocycles. The summed E-state index contributed by atoms with van der Waals surface area (Å²) >= 11 is 0. The Hall–Kier alpha value is -1.84. The van der Waals surface area contributed by atoms with Crippen molar-refractivity contribution in [3.8, 4) is 0 Å². The van der Waals surface area contributed by atoms with Crippen molar-refractivity contribution in [3.05, 3.63) is 29.8 Å². The average molecular weight is 217 g/mol. The summed E-state index contributed by atoms with van der Waals surface area (Å²) in [6.45, 7) is 0.739. The zero-order chi connectivity index (χ0) is 11.5. The van der Waals surface area contributed by atoms with Gasteiger partial charge in [-0.15, -0.1) is 0 Å². The fraction of sp³-hybridized carbons (Fsp3) is 0.333. The fourth-order valence-electron chi connectivity index (χ4n) is 1.82. The number of nitrogens with zero attached hydrogens (tertiary/aromatic N) is 1. The minimum atomic E-state index is -0.503. The van der Waals surface area contributed by atoms with Crippen molar-refractivity contribution >= 4 is 17.5 Å². The van der Waals surface area contributed by atoms with E-state index in [-0.39, 0.29) is 5.91 Å². The molecule has 1 aromatic rings. The third-order valence-electron chi connectivity index (χ3n) is 2.70. The molecule has 0 bridgehead atoms. The summed E-state index contributed by atoms with van der Waals surface area (Å²) in [5, 5.41) is 0. The largest absolute Gasteiger partial charge is 0.366 e. The van der Waals surface area contributed by atoms with E-state index in [4.69, 9.17) is 5.73 Å². The summed E-state index contributed by atoms with van der Waals surface area (Å²) in [5.74, 6) is -0.372. The van der Waals surface area contributed by atoms with Crippen LogP contribution in [0.4, 0.5) is 5.69 Å². The molecule has 0 unspecified atom stereocenters. The Balaban J connectivity index is 2.20. The number of benzene rings is 1. The second-order valence-corrected chi connectivity index (χ2v) is 3.83. The molecule has 1 aromatic carbocycles. The highest BCUT2D eigenvalue weighted by molar-refractivity contribution is 5.96. The molecule has 0 aliphatic carbocycles. The summed E-state index contributed by atoms with van der Waals surface area (Å²) in [6.07, 6.45) is 2.57. The van der Waals surface area contributed by atoms with Crippen LogP contribution in [0.15, 0.2) is 18.2 Å². The van der Waals surface area contributed by atoms with Gasteiger partial charge in [0.05, 0.1) is 0 Å². The lowest BCUT2D eigenvalue weighted by atomic mass is 10.1. The normalized spacial score (nSPS) is 16.2. The quantitative estimate of drug-likeness (QED) is 0.806. The van der Waals surface area contributed by atoms with Crippen LogP contribution in [0.1, 0.15) is 29.6 Å². The molecule has 83 valence electrons. The Labute approximate surface area is 94.0 Å². The molecular formula is C12H13N2O2. The topological polar surface area (TPSA) is 63.4 Å². The zero-order valence-corrected chi connectivity index (χ0v) is 8.90. The highest BCUT2D eigenvalue weighted by Gasteiger charge is 2.19. The average Bonchev–Trinajstić information content (AvgIpc) is 2.30. The van der Waals surface area contributed by atoms with Gasteiger partial charge in [-0.25, -0.2) is 0 Å². The highest BCUT2D eigenvalue weighted by Crippen LogP contribution is 2.20. The number of nitrogens with two attached hydrogens (primary N) is 1. The van der Waals surface area contributed by atoms with E-state index in [1.165, 1.54) is 0 Å². The number of hydrogen-bond acceptors (Lipinski definition) is 2. The number of primary amides is 1. The van der Waals surface area contributed by atoms with Gasteiger partial charge in [-0.3, -0.25) is 9.59 Å². The molecule has 4 nitrogen and oxygen atoms in total. The first-order chi connectivity index (χ1) is 7.68. The minimum Gasteiger partial charge on any atom is -0.366 e. The van der Waals surface area contributed by atoms with Crippen LogP contribution in [0, 0.1) is 6.07 Å². The molecule has 1 fully saturated rings. The molecule has 1 radical (unpaired) electrons. The summed E-state index contributed by atoms with van der Waals surface area (Å²) in [4.78, 5) is 24.2. The van der Waals surface area contributed by atoms with Crippen LogP contribution in [-0.4, -0.2) is 18.4 Å². The molecule has 16 heavy (non-hydrogen) atoms. The second kappa shape index (κ2) is 4.35. The first kappa shape index (κ1) is 10.7. The molecule has 0 spiro atoms. The van der Waals surface area contributed by atoms with Gasteiger partial charge >= 0.3 is 0 Å². The minimum absolute atomic E-state index is 0.131. The molecule has 1 aliphatic heterocycles. The fourth-order valence-corrected chi connectivity index (χ4v) is 1.82. The Morgan fingerprint density at radius 2 is 2.19 bits per heavy atom. The third kappa shape index (κ3) is 2.05. The molecule has 0 aromatic heterocycles. The Morgan fingerprint density at radius 3 is 2.75 bits per heavy atom. The predicted molar refractivity (Wildman–Crippen MR) is 60.0 cm³/mol. The van der Waals surface area contributed by atoms with Gasteiger partial charge in [-0.1, -0.05) is 0 Å². The maximum Gasteiger partial charge on any atom is 0.249 e.